The van der Waals surface area contributed by atoms with Crippen LogP contribution < -0.4 is 10.6 Å². The van der Waals surface area contributed by atoms with E-state index in [1.165, 1.54) is 12.1 Å². The predicted octanol–water partition coefficient (Wildman–Crippen LogP) is 3.63. The largest absolute Gasteiger partial charge is 0.481 e. The molecule has 2 rings (SSSR count). The lowest BCUT2D eigenvalue weighted by atomic mass is 10.1. The number of anilines is 1. The summed E-state index contributed by atoms with van der Waals surface area (Å²) in [5, 5.41) is 14.7. The van der Waals surface area contributed by atoms with Gasteiger partial charge in [-0.1, -0.05) is 34.8 Å². The van der Waals surface area contributed by atoms with E-state index in [4.69, 9.17) is 39.9 Å². The van der Waals surface area contributed by atoms with E-state index < -0.39 is 17.4 Å². The Morgan fingerprint density at radius 1 is 1.20 bits per heavy atom. The van der Waals surface area contributed by atoms with Crippen molar-refractivity contribution in [3.63, 3.8) is 0 Å². The highest BCUT2D eigenvalue weighted by atomic mass is 35.5. The van der Waals surface area contributed by atoms with Gasteiger partial charge < -0.3 is 15.7 Å². The third kappa shape index (κ3) is 3.29. The fourth-order valence-electron chi connectivity index (χ4n) is 1.69. The molecule has 0 unspecified atom stereocenters. The molecule has 5 nitrogen and oxygen atoms in total. The van der Waals surface area contributed by atoms with Crippen LogP contribution >= 0.6 is 34.8 Å². The fourth-order valence-corrected chi connectivity index (χ4v) is 2.60. The standard InChI is InChI=1S/C12H11Cl3N2O3/c13-6-3-7(14)9(8(15)4-6)17-11(20)16-5-12(1-2-12)10(18)19/h3-4H,1-2,5H2,(H,18,19)(H2,16,17,20). The minimum absolute atomic E-state index is 0.0665. The minimum atomic E-state index is -0.902. The fraction of sp³-hybridized carbons (Fsp3) is 0.333. The second-order valence-electron chi connectivity index (χ2n) is 4.64. The summed E-state index contributed by atoms with van der Waals surface area (Å²) in [6.45, 7) is 0.0665. The van der Waals surface area contributed by atoms with Crippen molar-refractivity contribution < 1.29 is 14.7 Å². The van der Waals surface area contributed by atoms with Crippen LogP contribution in [0.3, 0.4) is 0 Å². The number of hydrogen-bond donors (Lipinski definition) is 3. The first-order valence-corrected chi connectivity index (χ1v) is 6.90. The van der Waals surface area contributed by atoms with Crippen molar-refractivity contribution in [2.45, 2.75) is 12.8 Å². The Kier molecular flexibility index (Phi) is 4.32. The number of carbonyl (C=O) groups excluding carboxylic acids is 1. The molecule has 0 aromatic heterocycles. The number of hydrogen-bond acceptors (Lipinski definition) is 2. The van der Waals surface area contributed by atoms with Crippen molar-refractivity contribution in [2.75, 3.05) is 11.9 Å². The van der Waals surface area contributed by atoms with Crippen molar-refractivity contribution in [2.24, 2.45) is 5.41 Å². The molecule has 0 heterocycles. The van der Waals surface area contributed by atoms with Gasteiger partial charge in [0.25, 0.3) is 0 Å². The number of rotatable bonds is 4. The molecular formula is C12H11Cl3N2O3. The van der Waals surface area contributed by atoms with E-state index in [0.717, 1.165) is 0 Å². The first-order chi connectivity index (χ1) is 9.34. The highest BCUT2D eigenvalue weighted by Crippen LogP contribution is 2.45. The molecular weight excluding hydrogens is 327 g/mol. The molecule has 0 bridgehead atoms. The highest BCUT2D eigenvalue weighted by molar-refractivity contribution is 6.42. The van der Waals surface area contributed by atoms with Gasteiger partial charge >= 0.3 is 12.0 Å². The zero-order chi connectivity index (χ0) is 14.9. The van der Waals surface area contributed by atoms with Gasteiger partial charge in [-0.3, -0.25) is 4.79 Å². The van der Waals surface area contributed by atoms with Gasteiger partial charge in [-0.25, -0.2) is 4.79 Å². The molecule has 0 saturated heterocycles. The molecule has 3 N–H and O–H groups in total. The molecule has 8 heteroatoms. The minimum Gasteiger partial charge on any atom is -0.481 e. The van der Waals surface area contributed by atoms with Gasteiger partial charge in [0.05, 0.1) is 21.1 Å². The normalized spacial score (nSPS) is 15.6. The van der Waals surface area contributed by atoms with Crippen LogP contribution in [0, 0.1) is 5.41 Å². The van der Waals surface area contributed by atoms with Crippen molar-refractivity contribution in [1.82, 2.24) is 5.32 Å². The summed E-state index contributed by atoms with van der Waals surface area (Å²) in [4.78, 5) is 22.7. The molecule has 2 amide bonds. The van der Waals surface area contributed by atoms with Crippen LogP contribution in [0.25, 0.3) is 0 Å². The lowest BCUT2D eigenvalue weighted by molar-refractivity contribution is -0.143. The Morgan fingerprint density at radius 3 is 2.20 bits per heavy atom. The van der Waals surface area contributed by atoms with Crippen molar-refractivity contribution >= 4 is 52.5 Å². The van der Waals surface area contributed by atoms with E-state index in [1.54, 1.807) is 0 Å². The number of aliphatic carboxylic acids is 1. The van der Waals surface area contributed by atoms with Crippen LogP contribution in [-0.2, 0) is 4.79 Å². The molecule has 1 aliphatic rings. The lowest BCUT2D eigenvalue weighted by Gasteiger charge is -2.13. The van der Waals surface area contributed by atoms with Gasteiger partial charge in [0.15, 0.2) is 0 Å². The van der Waals surface area contributed by atoms with Gasteiger partial charge in [0, 0.05) is 11.6 Å². The number of carbonyl (C=O) groups is 2. The third-order valence-electron chi connectivity index (χ3n) is 3.14. The van der Waals surface area contributed by atoms with E-state index in [2.05, 4.69) is 10.6 Å². The van der Waals surface area contributed by atoms with Gasteiger partial charge in [0.2, 0.25) is 0 Å². The molecule has 1 aromatic carbocycles. The molecule has 1 aliphatic carbocycles. The number of halogens is 3. The van der Waals surface area contributed by atoms with Gasteiger partial charge in [-0.15, -0.1) is 0 Å². The van der Waals surface area contributed by atoms with Crippen molar-refractivity contribution in [3.8, 4) is 0 Å². The Balaban J connectivity index is 1.97. The quantitative estimate of drug-likeness (QED) is 0.785. The van der Waals surface area contributed by atoms with Crippen LogP contribution in [-0.4, -0.2) is 23.7 Å². The smallest absolute Gasteiger partial charge is 0.319 e. The number of urea groups is 1. The second kappa shape index (κ2) is 5.68. The number of carboxylic acids is 1. The van der Waals surface area contributed by atoms with E-state index in [0.29, 0.717) is 17.9 Å². The SMILES string of the molecule is O=C(NCC1(C(=O)O)CC1)Nc1c(Cl)cc(Cl)cc1Cl. The van der Waals surface area contributed by atoms with Crippen molar-refractivity contribution in [3.05, 3.63) is 27.2 Å². The molecule has 0 spiro atoms. The maximum absolute atomic E-state index is 11.7. The summed E-state index contributed by atoms with van der Waals surface area (Å²) >= 11 is 17.6. The van der Waals surface area contributed by atoms with Gasteiger partial charge in [-0.2, -0.15) is 0 Å². The molecule has 20 heavy (non-hydrogen) atoms. The zero-order valence-corrected chi connectivity index (χ0v) is 12.4. The Hall–Kier alpha value is -1.17. The molecule has 108 valence electrons. The zero-order valence-electron chi connectivity index (χ0n) is 10.2. The Bertz CT molecular complexity index is 550. The van der Waals surface area contributed by atoms with E-state index >= 15 is 0 Å². The first kappa shape index (κ1) is 15.2. The van der Waals surface area contributed by atoms with Crippen LogP contribution in [0.1, 0.15) is 12.8 Å². The van der Waals surface area contributed by atoms with Crippen LogP contribution in [0.4, 0.5) is 10.5 Å². The van der Waals surface area contributed by atoms with E-state index in [-0.39, 0.29) is 22.3 Å². The summed E-state index contributed by atoms with van der Waals surface area (Å²) in [6, 6.07) is 2.33. The number of carboxylic acid groups (broad SMARTS) is 1. The summed E-state index contributed by atoms with van der Waals surface area (Å²) in [5.41, 5.74) is -0.597. The Labute approximate surface area is 130 Å². The van der Waals surface area contributed by atoms with Gasteiger partial charge in [0.1, 0.15) is 0 Å². The van der Waals surface area contributed by atoms with E-state index in [9.17, 15) is 9.59 Å². The topological polar surface area (TPSA) is 78.4 Å². The average molecular weight is 338 g/mol. The first-order valence-electron chi connectivity index (χ1n) is 5.77. The van der Waals surface area contributed by atoms with Gasteiger partial charge in [-0.05, 0) is 25.0 Å². The number of benzene rings is 1. The second-order valence-corrected chi connectivity index (χ2v) is 5.89. The molecule has 0 radical (unpaired) electrons. The van der Waals surface area contributed by atoms with Crippen LogP contribution in [0.2, 0.25) is 15.1 Å². The molecule has 1 fully saturated rings. The lowest BCUT2D eigenvalue weighted by Crippen LogP contribution is -2.36. The summed E-state index contributed by atoms with van der Waals surface area (Å²) < 4.78 is 0. The number of nitrogens with one attached hydrogen (secondary N) is 2. The van der Waals surface area contributed by atoms with Crippen LogP contribution in [0.15, 0.2) is 12.1 Å². The highest BCUT2D eigenvalue weighted by Gasteiger charge is 2.50. The maximum Gasteiger partial charge on any atom is 0.319 e. The summed E-state index contributed by atoms with van der Waals surface area (Å²) in [7, 11) is 0. The summed E-state index contributed by atoms with van der Waals surface area (Å²) in [5.74, 6) is -0.902. The molecule has 0 atom stereocenters. The van der Waals surface area contributed by atoms with Crippen LogP contribution in [0.5, 0.6) is 0 Å². The predicted molar refractivity (Wildman–Crippen MR) is 77.8 cm³/mol. The third-order valence-corrected chi connectivity index (χ3v) is 3.95. The summed E-state index contributed by atoms with van der Waals surface area (Å²) in [6.07, 6.45) is 1.12. The monoisotopic (exact) mass is 336 g/mol. The van der Waals surface area contributed by atoms with E-state index in [1.807, 2.05) is 0 Å². The molecule has 1 aromatic rings. The molecule has 1 saturated carbocycles. The number of amides is 2. The molecule has 0 aliphatic heterocycles. The average Bonchev–Trinajstić information content (AvgIpc) is 3.12. The Morgan fingerprint density at radius 2 is 1.75 bits per heavy atom. The maximum atomic E-state index is 11.7. The van der Waals surface area contributed by atoms with Crippen molar-refractivity contribution in [1.29, 1.82) is 0 Å².